The van der Waals surface area contributed by atoms with Crippen LogP contribution in [-0.4, -0.2) is 36.5 Å². The van der Waals surface area contributed by atoms with Crippen molar-refractivity contribution >= 4 is 33.2 Å². The zero-order valence-corrected chi connectivity index (χ0v) is 13.9. The number of carbonyl (C=O) groups excluding carboxylic acids is 1. The summed E-state index contributed by atoms with van der Waals surface area (Å²) in [5, 5.41) is 3.51. The number of thiophene rings is 1. The fourth-order valence-corrected chi connectivity index (χ4v) is 3.93. The van der Waals surface area contributed by atoms with E-state index < -0.39 is 0 Å². The van der Waals surface area contributed by atoms with Gasteiger partial charge in [-0.25, -0.2) is 0 Å². The molecule has 106 valence electrons. The van der Waals surface area contributed by atoms with Crippen LogP contribution in [0.1, 0.15) is 41.4 Å². The topological polar surface area (TPSA) is 32.3 Å². The molecule has 1 unspecified atom stereocenters. The molecule has 0 bridgehead atoms. The van der Waals surface area contributed by atoms with Gasteiger partial charge in [-0.1, -0.05) is 6.42 Å². The number of likely N-dealkylation sites (N-methyl/N-ethyl adjacent to an activating group) is 1. The molecule has 0 aromatic carbocycles. The van der Waals surface area contributed by atoms with Crippen molar-refractivity contribution in [2.45, 2.75) is 39.2 Å². The molecule has 5 heteroatoms. The Balaban J connectivity index is 2.01. The number of piperidine rings is 1. The number of amides is 1. The van der Waals surface area contributed by atoms with Crippen molar-refractivity contribution in [1.29, 1.82) is 0 Å². The van der Waals surface area contributed by atoms with Crippen LogP contribution in [0.4, 0.5) is 0 Å². The predicted molar refractivity (Wildman–Crippen MR) is 84.0 cm³/mol. The lowest BCUT2D eigenvalue weighted by molar-refractivity contribution is 0.0746. The first-order valence-electron chi connectivity index (χ1n) is 6.90. The van der Waals surface area contributed by atoms with Gasteiger partial charge < -0.3 is 10.2 Å². The molecule has 2 heterocycles. The average Bonchev–Trinajstić information content (AvgIpc) is 2.76. The smallest absolute Gasteiger partial charge is 0.264 e. The van der Waals surface area contributed by atoms with Crippen LogP contribution in [0.5, 0.6) is 0 Å². The quantitative estimate of drug-likeness (QED) is 0.907. The van der Waals surface area contributed by atoms with Crippen LogP contribution in [0.3, 0.4) is 0 Å². The molecule has 1 aliphatic heterocycles. The fraction of sp³-hybridized carbons (Fsp3) is 0.643. The minimum Gasteiger partial charge on any atom is -0.337 e. The third-order valence-electron chi connectivity index (χ3n) is 3.59. The molecule has 1 amide bonds. The fourth-order valence-electron chi connectivity index (χ4n) is 2.42. The van der Waals surface area contributed by atoms with Gasteiger partial charge in [-0.3, -0.25) is 4.79 Å². The number of rotatable bonds is 4. The Morgan fingerprint density at radius 1 is 1.58 bits per heavy atom. The molecule has 0 spiro atoms. The van der Waals surface area contributed by atoms with Crippen molar-refractivity contribution in [2.75, 3.05) is 19.6 Å². The average molecular weight is 345 g/mol. The van der Waals surface area contributed by atoms with E-state index in [-0.39, 0.29) is 5.91 Å². The Labute approximate surface area is 127 Å². The zero-order valence-electron chi connectivity index (χ0n) is 11.5. The normalized spacial score (nSPS) is 19.4. The van der Waals surface area contributed by atoms with Gasteiger partial charge in [-0.05, 0) is 60.8 Å². The number of carbonyl (C=O) groups is 1. The lowest BCUT2D eigenvalue weighted by Crippen LogP contribution is -2.45. The minimum absolute atomic E-state index is 0.161. The second-order valence-electron chi connectivity index (χ2n) is 5.06. The van der Waals surface area contributed by atoms with E-state index in [9.17, 15) is 4.79 Å². The molecule has 19 heavy (non-hydrogen) atoms. The van der Waals surface area contributed by atoms with Crippen molar-refractivity contribution in [3.63, 3.8) is 0 Å². The molecule has 2 rings (SSSR count). The molecule has 1 saturated heterocycles. The van der Waals surface area contributed by atoms with Gasteiger partial charge >= 0.3 is 0 Å². The molecule has 0 saturated carbocycles. The largest absolute Gasteiger partial charge is 0.337 e. The Morgan fingerprint density at radius 2 is 2.37 bits per heavy atom. The van der Waals surface area contributed by atoms with Gasteiger partial charge in [-0.15, -0.1) is 11.3 Å². The van der Waals surface area contributed by atoms with Crippen molar-refractivity contribution in [3.8, 4) is 0 Å². The molecule has 1 fully saturated rings. The van der Waals surface area contributed by atoms with E-state index in [1.54, 1.807) is 0 Å². The van der Waals surface area contributed by atoms with Crippen LogP contribution in [-0.2, 0) is 0 Å². The number of hydrogen-bond acceptors (Lipinski definition) is 3. The van der Waals surface area contributed by atoms with Crippen molar-refractivity contribution in [2.24, 2.45) is 0 Å². The van der Waals surface area contributed by atoms with Crippen LogP contribution in [0.25, 0.3) is 0 Å². The number of nitrogens with zero attached hydrogens (tertiary/aromatic N) is 1. The number of hydrogen-bond donors (Lipinski definition) is 1. The van der Waals surface area contributed by atoms with Crippen LogP contribution in [0.15, 0.2) is 9.85 Å². The Kier molecular flexibility index (Phi) is 5.42. The first-order valence-corrected chi connectivity index (χ1v) is 8.51. The Bertz CT molecular complexity index is 421. The van der Waals surface area contributed by atoms with Crippen LogP contribution >= 0.6 is 27.3 Å². The summed E-state index contributed by atoms with van der Waals surface area (Å²) in [5.41, 5.74) is 1.14. The highest BCUT2D eigenvalue weighted by molar-refractivity contribution is 9.11. The van der Waals surface area contributed by atoms with E-state index in [1.165, 1.54) is 30.6 Å². The van der Waals surface area contributed by atoms with Gasteiger partial charge in [0.15, 0.2) is 0 Å². The maximum atomic E-state index is 12.5. The summed E-state index contributed by atoms with van der Waals surface area (Å²) in [7, 11) is 0. The third-order valence-corrected chi connectivity index (χ3v) is 5.71. The van der Waals surface area contributed by atoms with E-state index in [4.69, 9.17) is 0 Å². The summed E-state index contributed by atoms with van der Waals surface area (Å²) in [6.45, 7) is 6.75. The second kappa shape index (κ2) is 6.86. The van der Waals surface area contributed by atoms with Gasteiger partial charge in [0, 0.05) is 19.1 Å². The molecule has 1 aromatic heterocycles. The van der Waals surface area contributed by atoms with Crippen molar-refractivity contribution < 1.29 is 4.79 Å². The highest BCUT2D eigenvalue weighted by Gasteiger charge is 2.22. The van der Waals surface area contributed by atoms with E-state index in [0.29, 0.717) is 6.04 Å². The summed E-state index contributed by atoms with van der Waals surface area (Å²) in [5.74, 6) is 0.161. The van der Waals surface area contributed by atoms with Gasteiger partial charge in [0.25, 0.3) is 5.91 Å². The zero-order chi connectivity index (χ0) is 13.8. The number of aryl methyl sites for hydroxylation is 1. The molecular formula is C14H21BrN2OS. The molecule has 0 aliphatic carbocycles. The van der Waals surface area contributed by atoms with Gasteiger partial charge in [0.2, 0.25) is 0 Å². The highest BCUT2D eigenvalue weighted by Crippen LogP contribution is 2.28. The predicted octanol–water partition coefficient (Wildman–Crippen LogP) is 3.42. The Morgan fingerprint density at radius 3 is 2.89 bits per heavy atom. The monoisotopic (exact) mass is 344 g/mol. The molecule has 1 atom stereocenters. The van der Waals surface area contributed by atoms with Gasteiger partial charge in [0.1, 0.15) is 0 Å². The van der Waals surface area contributed by atoms with Crippen molar-refractivity contribution in [3.05, 3.63) is 20.3 Å². The summed E-state index contributed by atoms with van der Waals surface area (Å²) in [4.78, 5) is 15.3. The molecule has 0 radical (unpaired) electrons. The van der Waals surface area contributed by atoms with Crippen LogP contribution in [0.2, 0.25) is 0 Å². The second-order valence-corrected chi connectivity index (χ2v) is 7.43. The highest BCUT2D eigenvalue weighted by atomic mass is 79.9. The molecule has 3 nitrogen and oxygen atoms in total. The lowest BCUT2D eigenvalue weighted by atomic mass is 10.0. The van der Waals surface area contributed by atoms with E-state index >= 15 is 0 Å². The first kappa shape index (κ1) is 15.0. The first-order chi connectivity index (χ1) is 9.11. The van der Waals surface area contributed by atoms with Crippen LogP contribution in [0, 0.1) is 6.92 Å². The molecule has 1 aliphatic rings. The summed E-state index contributed by atoms with van der Waals surface area (Å²) in [6.07, 6.45) is 3.71. The maximum Gasteiger partial charge on any atom is 0.264 e. The maximum absolute atomic E-state index is 12.5. The van der Waals surface area contributed by atoms with Crippen molar-refractivity contribution in [1.82, 2.24) is 10.2 Å². The number of halogens is 1. The summed E-state index contributed by atoms with van der Waals surface area (Å²) in [6, 6.07) is 2.44. The van der Waals surface area contributed by atoms with Gasteiger partial charge in [-0.2, -0.15) is 0 Å². The lowest BCUT2D eigenvalue weighted by Gasteiger charge is -2.29. The van der Waals surface area contributed by atoms with E-state index in [2.05, 4.69) is 28.2 Å². The third kappa shape index (κ3) is 3.80. The Hall–Kier alpha value is -0.390. The van der Waals surface area contributed by atoms with Gasteiger partial charge in [0.05, 0.1) is 8.66 Å². The van der Waals surface area contributed by atoms with E-state index in [0.717, 1.165) is 33.9 Å². The van der Waals surface area contributed by atoms with Crippen LogP contribution < -0.4 is 5.32 Å². The summed E-state index contributed by atoms with van der Waals surface area (Å²) < 4.78 is 1.06. The van der Waals surface area contributed by atoms with E-state index in [1.807, 2.05) is 17.9 Å². The SMILES string of the molecule is CCN(CC1CCCCN1)C(=O)c1cc(C)c(Br)s1. The molecular weight excluding hydrogens is 324 g/mol. The standard InChI is InChI=1S/C14H21BrN2OS/c1-3-17(9-11-6-4-5-7-16-11)14(18)12-8-10(2)13(15)19-12/h8,11,16H,3-7,9H2,1-2H3. The summed E-state index contributed by atoms with van der Waals surface area (Å²) >= 11 is 5.02. The molecule has 1 aromatic rings. The molecule has 1 N–H and O–H groups in total. The number of nitrogens with one attached hydrogen (secondary N) is 1. The minimum atomic E-state index is 0.161.